The summed E-state index contributed by atoms with van der Waals surface area (Å²) in [6, 6.07) is 0. The summed E-state index contributed by atoms with van der Waals surface area (Å²) >= 11 is 0. The Kier molecular flexibility index (Phi) is 9.08. The van der Waals surface area contributed by atoms with Gasteiger partial charge in [-0.2, -0.15) is 0 Å². The molecule has 0 aromatic rings. The predicted octanol–water partition coefficient (Wildman–Crippen LogP) is 2.04. The summed E-state index contributed by atoms with van der Waals surface area (Å²) in [6.07, 6.45) is 4.09. The fourth-order valence-electron chi connectivity index (χ4n) is 0.875. The molecule has 0 aliphatic carbocycles. The van der Waals surface area contributed by atoms with E-state index in [1.165, 1.54) is 0 Å². The van der Waals surface area contributed by atoms with Crippen LogP contribution in [-0.4, -0.2) is 25.0 Å². The molecule has 0 fully saturated rings. The lowest BCUT2D eigenvalue weighted by Gasteiger charge is -2.01. The van der Waals surface area contributed by atoms with E-state index in [0.29, 0.717) is 16.6 Å². The van der Waals surface area contributed by atoms with Crippen LogP contribution in [0, 0.1) is 0 Å². The van der Waals surface area contributed by atoms with Gasteiger partial charge in [0.25, 0.3) is 0 Å². The van der Waals surface area contributed by atoms with Crippen LogP contribution in [0.4, 0.5) is 0 Å². The second-order valence-corrected chi connectivity index (χ2v) is 6.63. The summed E-state index contributed by atoms with van der Waals surface area (Å²) in [5, 5.41) is 0.389. The Morgan fingerprint density at radius 1 is 0.846 bits per heavy atom. The minimum absolute atomic E-state index is 0.389. The third kappa shape index (κ3) is 8.63. The maximum Gasteiger partial charge on any atom is 0.0991 e. The highest BCUT2D eigenvalue weighted by Crippen LogP contribution is 1.97. The number of hydrogen-bond acceptors (Lipinski definition) is 2. The summed E-state index contributed by atoms with van der Waals surface area (Å²) in [5.74, 6) is 1.43. The lowest BCUT2D eigenvalue weighted by atomic mass is 10.4. The maximum absolute atomic E-state index is 11.3. The Bertz CT molecular complexity index is 151. The largest absolute Gasteiger partial charge is 0.259 e. The van der Waals surface area contributed by atoms with Gasteiger partial charge in [0.1, 0.15) is 0 Å². The second-order valence-electron chi connectivity index (χ2n) is 3.11. The van der Waals surface area contributed by atoms with Crippen LogP contribution >= 0.6 is 0 Å². The van der Waals surface area contributed by atoms with Crippen molar-refractivity contribution in [1.29, 1.82) is 0 Å². The molecule has 0 N–H and O–H groups in total. The summed E-state index contributed by atoms with van der Waals surface area (Å²) in [6.45, 7) is 4.15. The van der Waals surface area contributed by atoms with Gasteiger partial charge in [0.2, 0.25) is 0 Å². The third-order valence-corrected chi connectivity index (χ3v) is 5.31. The number of unbranched alkanes of at least 4 members (excludes halogenated alkanes) is 2. The smallest absolute Gasteiger partial charge is 0.0991 e. The van der Waals surface area contributed by atoms with Gasteiger partial charge in [-0.15, -0.1) is 0 Å². The first-order valence-electron chi connectivity index (χ1n) is 4.90. The van der Waals surface area contributed by atoms with E-state index in [0.717, 1.165) is 25.7 Å². The van der Waals surface area contributed by atoms with E-state index < -0.39 is 21.6 Å². The van der Waals surface area contributed by atoms with Crippen molar-refractivity contribution in [3.05, 3.63) is 0 Å². The zero-order valence-electron chi connectivity index (χ0n) is 8.58. The average molecular weight is 224 g/mol. The standard InChI is InChI=1S/C9H20O2S2/c1-3-5-7-12(10)9-13(11)8-6-4-2/h3-9H2,1-2H3. The molecule has 0 amide bonds. The molecule has 0 heterocycles. The number of rotatable bonds is 8. The van der Waals surface area contributed by atoms with Gasteiger partial charge in [-0.3, -0.25) is 8.42 Å². The van der Waals surface area contributed by atoms with Gasteiger partial charge in [0, 0.05) is 33.1 Å². The minimum Gasteiger partial charge on any atom is -0.259 e. The van der Waals surface area contributed by atoms with Crippen molar-refractivity contribution in [3.63, 3.8) is 0 Å². The number of hydrogen-bond donors (Lipinski definition) is 0. The first-order valence-corrected chi connectivity index (χ1v) is 7.88. The fourth-order valence-corrected chi connectivity index (χ4v) is 4.21. The van der Waals surface area contributed by atoms with Crippen molar-refractivity contribution in [3.8, 4) is 0 Å². The molecule has 0 saturated heterocycles. The highest BCUT2D eigenvalue weighted by atomic mass is 32.2. The zero-order valence-corrected chi connectivity index (χ0v) is 10.2. The van der Waals surface area contributed by atoms with Crippen LogP contribution in [0.2, 0.25) is 0 Å². The Labute approximate surface area is 86.4 Å². The maximum atomic E-state index is 11.3. The van der Waals surface area contributed by atoms with Gasteiger partial charge in [-0.05, 0) is 12.8 Å². The second kappa shape index (κ2) is 8.88. The summed E-state index contributed by atoms with van der Waals surface area (Å²) in [7, 11) is -1.71. The van der Waals surface area contributed by atoms with Crippen molar-refractivity contribution in [2.24, 2.45) is 0 Å². The van der Waals surface area contributed by atoms with Crippen molar-refractivity contribution < 1.29 is 8.42 Å². The molecule has 0 aliphatic rings. The highest BCUT2D eigenvalue weighted by molar-refractivity contribution is 8.01. The molecular weight excluding hydrogens is 204 g/mol. The van der Waals surface area contributed by atoms with E-state index in [-0.39, 0.29) is 0 Å². The molecule has 0 bridgehead atoms. The van der Waals surface area contributed by atoms with E-state index in [9.17, 15) is 8.42 Å². The van der Waals surface area contributed by atoms with Crippen LogP contribution in [0.25, 0.3) is 0 Å². The van der Waals surface area contributed by atoms with Gasteiger partial charge < -0.3 is 0 Å². The van der Waals surface area contributed by atoms with E-state index >= 15 is 0 Å². The Balaban J connectivity index is 3.47. The van der Waals surface area contributed by atoms with Crippen LogP contribution in [0.5, 0.6) is 0 Å². The molecule has 0 aromatic carbocycles. The van der Waals surface area contributed by atoms with E-state index in [1.807, 2.05) is 0 Å². The molecule has 0 aliphatic heterocycles. The Morgan fingerprint density at radius 3 is 1.54 bits per heavy atom. The monoisotopic (exact) mass is 224 g/mol. The van der Waals surface area contributed by atoms with Gasteiger partial charge in [0.05, 0.1) is 5.08 Å². The molecule has 4 heteroatoms. The molecule has 2 unspecified atom stereocenters. The molecule has 0 radical (unpaired) electrons. The van der Waals surface area contributed by atoms with Crippen LogP contribution in [0.1, 0.15) is 39.5 Å². The van der Waals surface area contributed by atoms with E-state index in [2.05, 4.69) is 13.8 Å². The molecule has 0 aromatic heterocycles. The molecule has 13 heavy (non-hydrogen) atoms. The van der Waals surface area contributed by atoms with Crippen LogP contribution in [0.15, 0.2) is 0 Å². The van der Waals surface area contributed by atoms with Gasteiger partial charge in [0.15, 0.2) is 0 Å². The minimum atomic E-state index is -0.854. The molecule has 80 valence electrons. The highest BCUT2D eigenvalue weighted by Gasteiger charge is 2.04. The lowest BCUT2D eigenvalue weighted by molar-refractivity contribution is 0.675. The molecule has 2 atom stereocenters. The normalized spacial score (nSPS) is 15.5. The van der Waals surface area contributed by atoms with Gasteiger partial charge >= 0.3 is 0 Å². The molecule has 2 nitrogen and oxygen atoms in total. The van der Waals surface area contributed by atoms with Crippen LogP contribution < -0.4 is 0 Å². The van der Waals surface area contributed by atoms with Crippen LogP contribution in [-0.2, 0) is 21.6 Å². The van der Waals surface area contributed by atoms with Gasteiger partial charge in [-0.25, -0.2) is 0 Å². The van der Waals surface area contributed by atoms with Crippen molar-refractivity contribution in [2.75, 3.05) is 16.6 Å². The zero-order chi connectivity index (χ0) is 10.1. The average Bonchev–Trinajstić information content (AvgIpc) is 2.11. The SMILES string of the molecule is CCCCS(=O)CS(=O)CCCC. The quantitative estimate of drug-likeness (QED) is 0.632. The summed E-state index contributed by atoms with van der Waals surface area (Å²) < 4.78 is 22.6. The summed E-state index contributed by atoms with van der Waals surface area (Å²) in [4.78, 5) is 0. The Morgan fingerprint density at radius 2 is 1.23 bits per heavy atom. The fraction of sp³-hybridized carbons (Fsp3) is 1.00. The topological polar surface area (TPSA) is 34.1 Å². The van der Waals surface area contributed by atoms with Crippen molar-refractivity contribution in [1.82, 2.24) is 0 Å². The lowest BCUT2D eigenvalue weighted by Crippen LogP contribution is -2.10. The van der Waals surface area contributed by atoms with E-state index in [4.69, 9.17) is 0 Å². The molecule has 0 rings (SSSR count). The summed E-state index contributed by atoms with van der Waals surface area (Å²) in [5.41, 5.74) is 0. The third-order valence-electron chi connectivity index (χ3n) is 1.71. The van der Waals surface area contributed by atoms with Gasteiger partial charge in [-0.1, -0.05) is 26.7 Å². The molecule has 0 spiro atoms. The molecular formula is C9H20O2S2. The first-order chi connectivity index (χ1) is 6.20. The van der Waals surface area contributed by atoms with E-state index in [1.54, 1.807) is 0 Å². The Hall–Kier alpha value is 0.300. The van der Waals surface area contributed by atoms with Crippen molar-refractivity contribution in [2.45, 2.75) is 39.5 Å². The van der Waals surface area contributed by atoms with Crippen molar-refractivity contribution >= 4 is 21.6 Å². The predicted molar refractivity (Wildman–Crippen MR) is 60.7 cm³/mol. The first kappa shape index (κ1) is 13.3. The molecule has 0 saturated carbocycles. The van der Waals surface area contributed by atoms with Crippen LogP contribution in [0.3, 0.4) is 0 Å².